The van der Waals surface area contributed by atoms with Crippen molar-refractivity contribution in [1.29, 1.82) is 0 Å². The summed E-state index contributed by atoms with van der Waals surface area (Å²) in [6.45, 7) is 3.61. The van der Waals surface area contributed by atoms with Gasteiger partial charge < -0.3 is 10.4 Å². The van der Waals surface area contributed by atoms with Crippen LogP contribution < -0.4 is 5.32 Å². The van der Waals surface area contributed by atoms with Gasteiger partial charge in [-0.05, 0) is 55.5 Å². The molecule has 2 nitrogen and oxygen atoms in total. The van der Waals surface area contributed by atoms with Crippen molar-refractivity contribution in [1.82, 2.24) is 5.32 Å². The van der Waals surface area contributed by atoms with Crippen LogP contribution in [0, 0.1) is 0 Å². The average molecular weight is 293 g/mol. The van der Waals surface area contributed by atoms with Crippen LogP contribution in [-0.2, 0) is 6.42 Å². The van der Waals surface area contributed by atoms with Crippen molar-refractivity contribution >= 4 is 11.8 Å². The number of aliphatic hydroxyl groups is 1. The molecular formula is C17H27NOS. The Hall–Kier alpha value is -0.510. The van der Waals surface area contributed by atoms with E-state index in [4.69, 9.17) is 5.11 Å². The number of rotatable bonds is 7. The minimum atomic E-state index is 0.309. The fraction of sp³-hybridized carbons (Fsp3) is 0.647. The zero-order valence-corrected chi connectivity index (χ0v) is 13.3. The third kappa shape index (κ3) is 4.24. The largest absolute Gasteiger partial charge is 0.396 e. The lowest BCUT2D eigenvalue weighted by Gasteiger charge is -2.27. The molecular weight excluding hydrogens is 266 g/mol. The molecule has 1 aromatic carbocycles. The summed E-state index contributed by atoms with van der Waals surface area (Å²) in [6, 6.07) is 9.39. The van der Waals surface area contributed by atoms with Gasteiger partial charge in [0.2, 0.25) is 0 Å². The summed E-state index contributed by atoms with van der Waals surface area (Å²) in [5, 5.41) is 13.4. The summed E-state index contributed by atoms with van der Waals surface area (Å²) >= 11 is 2.03. The lowest BCUT2D eigenvalue weighted by molar-refractivity contribution is 0.296. The van der Waals surface area contributed by atoms with Crippen molar-refractivity contribution in [3.63, 3.8) is 0 Å². The smallest absolute Gasteiger partial charge is 0.0443 e. The number of hydrogen-bond acceptors (Lipinski definition) is 3. The number of nitrogens with one attached hydrogen (secondary N) is 1. The SMILES string of the molecule is CCCNC1c2ccccc2CCCC1SCCCO. The van der Waals surface area contributed by atoms with E-state index in [1.165, 1.54) is 36.8 Å². The summed E-state index contributed by atoms with van der Waals surface area (Å²) in [4.78, 5) is 0. The lowest BCUT2D eigenvalue weighted by Crippen LogP contribution is -2.31. The van der Waals surface area contributed by atoms with Crippen molar-refractivity contribution in [3.8, 4) is 0 Å². The predicted octanol–water partition coefficient (Wildman–Crippen LogP) is 3.55. The Morgan fingerprint density at radius 2 is 2.20 bits per heavy atom. The van der Waals surface area contributed by atoms with E-state index >= 15 is 0 Å². The highest BCUT2D eigenvalue weighted by molar-refractivity contribution is 7.99. The van der Waals surface area contributed by atoms with E-state index in [1.807, 2.05) is 11.8 Å². The molecule has 0 radical (unpaired) electrons. The molecule has 1 aliphatic carbocycles. The zero-order chi connectivity index (χ0) is 14.2. The van der Waals surface area contributed by atoms with Crippen LogP contribution in [0.2, 0.25) is 0 Å². The molecule has 2 atom stereocenters. The van der Waals surface area contributed by atoms with Crippen molar-refractivity contribution in [2.24, 2.45) is 0 Å². The van der Waals surface area contributed by atoms with Crippen molar-refractivity contribution < 1.29 is 5.11 Å². The molecule has 0 amide bonds. The van der Waals surface area contributed by atoms with Gasteiger partial charge in [0.25, 0.3) is 0 Å². The molecule has 1 aliphatic rings. The molecule has 2 rings (SSSR count). The van der Waals surface area contributed by atoms with E-state index in [-0.39, 0.29) is 0 Å². The number of fused-ring (bicyclic) bond motifs is 1. The first-order valence-corrected chi connectivity index (χ1v) is 8.95. The highest BCUT2D eigenvalue weighted by atomic mass is 32.2. The normalized spacial score (nSPS) is 22.3. The maximum Gasteiger partial charge on any atom is 0.0443 e. The van der Waals surface area contributed by atoms with Gasteiger partial charge >= 0.3 is 0 Å². The van der Waals surface area contributed by atoms with Crippen LogP contribution >= 0.6 is 11.8 Å². The number of hydrogen-bond donors (Lipinski definition) is 2. The van der Waals surface area contributed by atoms with Gasteiger partial charge in [0.05, 0.1) is 0 Å². The topological polar surface area (TPSA) is 32.3 Å². The number of aliphatic hydroxyl groups excluding tert-OH is 1. The third-order valence-electron chi connectivity index (χ3n) is 3.95. The highest BCUT2D eigenvalue weighted by Crippen LogP contribution is 2.36. The summed E-state index contributed by atoms with van der Waals surface area (Å²) < 4.78 is 0. The van der Waals surface area contributed by atoms with Crippen LogP contribution in [0.15, 0.2) is 24.3 Å². The van der Waals surface area contributed by atoms with Gasteiger partial charge in [0.1, 0.15) is 0 Å². The Morgan fingerprint density at radius 3 is 3.00 bits per heavy atom. The quantitative estimate of drug-likeness (QED) is 0.596. The second kappa shape index (κ2) is 8.71. The average Bonchev–Trinajstić information content (AvgIpc) is 2.65. The first-order valence-electron chi connectivity index (χ1n) is 7.90. The third-order valence-corrected chi connectivity index (χ3v) is 5.41. The number of aryl methyl sites for hydroxylation is 1. The first-order chi connectivity index (χ1) is 9.86. The monoisotopic (exact) mass is 293 g/mol. The molecule has 0 spiro atoms. The van der Waals surface area contributed by atoms with Gasteiger partial charge in [0.15, 0.2) is 0 Å². The van der Waals surface area contributed by atoms with Crippen LogP contribution in [0.4, 0.5) is 0 Å². The summed E-state index contributed by atoms with van der Waals surface area (Å²) in [5.74, 6) is 1.06. The van der Waals surface area contributed by atoms with Gasteiger partial charge in [0, 0.05) is 17.9 Å². The van der Waals surface area contributed by atoms with E-state index in [1.54, 1.807) is 0 Å². The van der Waals surface area contributed by atoms with Gasteiger partial charge in [-0.3, -0.25) is 0 Å². The van der Waals surface area contributed by atoms with Crippen LogP contribution in [0.25, 0.3) is 0 Å². The van der Waals surface area contributed by atoms with Crippen LogP contribution in [0.5, 0.6) is 0 Å². The van der Waals surface area contributed by atoms with Crippen LogP contribution in [0.3, 0.4) is 0 Å². The molecule has 0 saturated carbocycles. The fourth-order valence-electron chi connectivity index (χ4n) is 2.95. The Kier molecular flexibility index (Phi) is 6.91. The molecule has 0 fully saturated rings. The minimum Gasteiger partial charge on any atom is -0.396 e. The number of thioether (sulfide) groups is 1. The fourth-order valence-corrected chi connectivity index (χ4v) is 4.31. The van der Waals surface area contributed by atoms with Crippen molar-refractivity contribution in [3.05, 3.63) is 35.4 Å². The Bertz CT molecular complexity index is 396. The second-order valence-electron chi connectivity index (χ2n) is 5.51. The van der Waals surface area contributed by atoms with Crippen LogP contribution in [-0.4, -0.2) is 29.3 Å². The Labute approximate surface area is 127 Å². The maximum atomic E-state index is 8.99. The predicted molar refractivity (Wildman–Crippen MR) is 88.4 cm³/mol. The minimum absolute atomic E-state index is 0.309. The zero-order valence-electron chi connectivity index (χ0n) is 12.5. The van der Waals surface area contributed by atoms with Crippen molar-refractivity contribution in [2.45, 2.75) is 50.3 Å². The molecule has 0 heterocycles. The van der Waals surface area contributed by atoms with Gasteiger partial charge in [-0.15, -0.1) is 0 Å². The van der Waals surface area contributed by atoms with E-state index in [0.717, 1.165) is 18.7 Å². The van der Waals surface area contributed by atoms with E-state index < -0.39 is 0 Å². The molecule has 0 aromatic heterocycles. The molecule has 20 heavy (non-hydrogen) atoms. The van der Waals surface area contributed by atoms with E-state index in [9.17, 15) is 0 Å². The molecule has 0 aliphatic heterocycles. The highest BCUT2D eigenvalue weighted by Gasteiger charge is 2.27. The standard InChI is InChI=1S/C17H27NOS/c1-2-11-18-17-15-9-4-3-7-14(15)8-5-10-16(17)20-13-6-12-19/h3-4,7,9,16-19H,2,5-6,8,10-13H2,1H3. The molecule has 112 valence electrons. The van der Waals surface area contributed by atoms with E-state index in [0.29, 0.717) is 17.9 Å². The first kappa shape index (κ1) is 15.9. The van der Waals surface area contributed by atoms with Gasteiger partial charge in [-0.2, -0.15) is 11.8 Å². The summed E-state index contributed by atoms with van der Waals surface area (Å²) in [5.41, 5.74) is 3.02. The Balaban J connectivity index is 2.13. The summed E-state index contributed by atoms with van der Waals surface area (Å²) in [6.07, 6.45) is 5.83. The molecule has 1 aromatic rings. The molecule has 2 unspecified atom stereocenters. The maximum absolute atomic E-state index is 8.99. The van der Waals surface area contributed by atoms with Crippen LogP contribution in [0.1, 0.15) is 49.8 Å². The molecule has 0 saturated heterocycles. The molecule has 0 bridgehead atoms. The van der Waals surface area contributed by atoms with E-state index in [2.05, 4.69) is 36.5 Å². The molecule has 2 N–H and O–H groups in total. The van der Waals surface area contributed by atoms with Crippen molar-refractivity contribution in [2.75, 3.05) is 18.9 Å². The summed E-state index contributed by atoms with van der Waals surface area (Å²) in [7, 11) is 0. The lowest BCUT2D eigenvalue weighted by atomic mass is 9.99. The second-order valence-corrected chi connectivity index (χ2v) is 6.86. The Morgan fingerprint density at radius 1 is 1.35 bits per heavy atom. The van der Waals surface area contributed by atoms with Gasteiger partial charge in [-0.1, -0.05) is 31.2 Å². The number of benzene rings is 1. The van der Waals surface area contributed by atoms with Gasteiger partial charge in [-0.25, -0.2) is 0 Å². The molecule has 3 heteroatoms.